The molecule has 1 atom stereocenters. The second kappa shape index (κ2) is 33.8. The van der Waals surface area contributed by atoms with Crippen LogP contribution in [0.25, 0.3) is 0 Å². The number of aliphatic hydroxyl groups excluding tert-OH is 1. The van der Waals surface area contributed by atoms with E-state index in [1.54, 1.807) is 0 Å². The van der Waals surface area contributed by atoms with Gasteiger partial charge in [0.1, 0.15) is 6.10 Å². The number of aliphatic hydroxyl groups is 1. The Bertz CT molecular complexity index is 596. The monoisotopic (exact) mass is 562 g/mol. The first-order valence-electron chi connectivity index (χ1n) is 17.1. The van der Waals surface area contributed by atoms with Gasteiger partial charge in [0.15, 0.2) is 0 Å². The summed E-state index contributed by atoms with van der Waals surface area (Å²) in [5.74, 6) is -0.218. The molecule has 0 aromatic carbocycles. The predicted molar refractivity (Wildman–Crippen MR) is 173 cm³/mol. The summed E-state index contributed by atoms with van der Waals surface area (Å²) in [6, 6.07) is 0. The number of allylic oxidation sites excluding steroid dienone is 6. The molecule has 1 unspecified atom stereocenters. The largest absolute Gasteiger partial charge is 0.457 e. The Morgan fingerprint density at radius 1 is 0.625 bits per heavy atom. The molecule has 0 amide bonds. The lowest BCUT2D eigenvalue weighted by atomic mass is 10.0. The molecule has 0 aromatic rings. The van der Waals surface area contributed by atoms with E-state index in [-0.39, 0.29) is 12.6 Å². The van der Waals surface area contributed by atoms with Gasteiger partial charge in [-0.2, -0.15) is 0 Å². The van der Waals surface area contributed by atoms with Crippen molar-refractivity contribution in [1.82, 2.24) is 0 Å². The van der Waals surface area contributed by atoms with E-state index in [0.29, 0.717) is 19.6 Å². The first-order valence-corrected chi connectivity index (χ1v) is 17.1. The van der Waals surface area contributed by atoms with Gasteiger partial charge in [0, 0.05) is 13.0 Å². The predicted octanol–water partition coefficient (Wildman–Crippen LogP) is 10.6. The van der Waals surface area contributed by atoms with E-state index in [1.807, 2.05) is 0 Å². The van der Waals surface area contributed by atoms with E-state index in [1.165, 1.54) is 89.9 Å². The third-order valence-corrected chi connectivity index (χ3v) is 7.23. The summed E-state index contributed by atoms with van der Waals surface area (Å²) in [4.78, 5) is 12.1. The zero-order valence-corrected chi connectivity index (χ0v) is 26.6. The molecule has 4 heteroatoms. The maximum atomic E-state index is 12.1. The normalized spacial score (nSPS) is 12.8. The fourth-order valence-corrected chi connectivity index (χ4v) is 4.69. The van der Waals surface area contributed by atoms with Crippen LogP contribution in [0.2, 0.25) is 0 Å². The second-order valence-electron chi connectivity index (χ2n) is 11.2. The average Bonchev–Trinajstić information content (AvgIpc) is 2.96. The molecule has 0 aliphatic carbocycles. The smallest absolute Gasteiger partial charge is 0.306 e. The van der Waals surface area contributed by atoms with Crippen molar-refractivity contribution in [2.24, 2.45) is 0 Å². The molecule has 0 aliphatic rings. The molecule has 0 saturated heterocycles. The van der Waals surface area contributed by atoms with Crippen LogP contribution in [0.15, 0.2) is 36.5 Å². The molecule has 0 bridgehead atoms. The van der Waals surface area contributed by atoms with Crippen molar-refractivity contribution in [2.75, 3.05) is 19.8 Å². The van der Waals surface area contributed by atoms with Crippen LogP contribution in [0, 0.1) is 0 Å². The second-order valence-corrected chi connectivity index (χ2v) is 11.2. The summed E-state index contributed by atoms with van der Waals surface area (Å²) in [7, 11) is 0. The minimum atomic E-state index is -0.538. The van der Waals surface area contributed by atoms with E-state index >= 15 is 0 Å². The number of rotatable bonds is 31. The molecule has 0 rings (SSSR count). The molecular weight excluding hydrogens is 496 g/mol. The van der Waals surface area contributed by atoms with Crippen LogP contribution in [-0.4, -0.2) is 37.0 Å². The molecule has 234 valence electrons. The highest BCUT2D eigenvalue weighted by atomic mass is 16.6. The molecular formula is C36H66O4. The molecule has 0 aromatic heterocycles. The topological polar surface area (TPSA) is 55.8 Å². The van der Waals surface area contributed by atoms with E-state index in [4.69, 9.17) is 9.47 Å². The van der Waals surface area contributed by atoms with E-state index in [9.17, 15) is 9.90 Å². The third kappa shape index (κ3) is 31.1. The summed E-state index contributed by atoms with van der Waals surface area (Å²) in [6.07, 6.45) is 40.3. The van der Waals surface area contributed by atoms with Gasteiger partial charge in [-0.05, 0) is 44.9 Å². The molecule has 0 aliphatic heterocycles. The van der Waals surface area contributed by atoms with Crippen molar-refractivity contribution in [3.05, 3.63) is 36.5 Å². The fraction of sp³-hybridized carbons (Fsp3) is 0.806. The lowest BCUT2D eigenvalue weighted by Gasteiger charge is -2.15. The highest BCUT2D eigenvalue weighted by Crippen LogP contribution is 2.13. The highest BCUT2D eigenvalue weighted by Gasteiger charge is 2.13. The number of hydrogen-bond donors (Lipinski definition) is 1. The molecule has 4 nitrogen and oxygen atoms in total. The molecule has 0 radical (unpaired) electrons. The van der Waals surface area contributed by atoms with E-state index in [2.05, 4.69) is 50.3 Å². The van der Waals surface area contributed by atoms with E-state index < -0.39 is 6.10 Å². The quantitative estimate of drug-likeness (QED) is 0.0518. The SMILES string of the molecule is CC/C=C\C/C=C\C/C=C\CCCCCCCC(=O)OC(CO)COCCCCCCCCCCCCCCC. The molecule has 1 N–H and O–H groups in total. The highest BCUT2D eigenvalue weighted by molar-refractivity contribution is 5.69. The molecule has 0 fully saturated rings. The van der Waals surface area contributed by atoms with Crippen molar-refractivity contribution >= 4 is 5.97 Å². The van der Waals surface area contributed by atoms with Crippen molar-refractivity contribution in [3.8, 4) is 0 Å². The average molecular weight is 563 g/mol. The summed E-state index contributed by atoms with van der Waals surface area (Å²) in [5.41, 5.74) is 0. The van der Waals surface area contributed by atoms with Gasteiger partial charge in [0.05, 0.1) is 13.2 Å². The first kappa shape index (κ1) is 38.6. The number of carbonyl (C=O) groups excluding carboxylic acids is 1. The Hall–Kier alpha value is -1.39. The summed E-state index contributed by atoms with van der Waals surface area (Å²) < 4.78 is 11.1. The number of carbonyl (C=O) groups is 1. The van der Waals surface area contributed by atoms with Gasteiger partial charge in [-0.1, -0.05) is 147 Å². The maximum absolute atomic E-state index is 12.1. The molecule has 0 spiro atoms. The number of unbranched alkanes of at least 4 members (excludes halogenated alkanes) is 17. The zero-order valence-electron chi connectivity index (χ0n) is 26.6. The first-order chi connectivity index (χ1) is 19.7. The summed E-state index contributed by atoms with van der Waals surface area (Å²) in [6.45, 7) is 5.22. The Balaban J connectivity index is 3.48. The minimum absolute atomic E-state index is 0.177. The van der Waals surface area contributed by atoms with E-state index in [0.717, 1.165) is 51.4 Å². The lowest BCUT2D eigenvalue weighted by molar-refractivity contribution is -0.154. The number of hydrogen-bond acceptors (Lipinski definition) is 4. The Morgan fingerprint density at radius 3 is 1.70 bits per heavy atom. The Morgan fingerprint density at radius 2 is 1.12 bits per heavy atom. The lowest BCUT2D eigenvalue weighted by Crippen LogP contribution is -2.27. The van der Waals surface area contributed by atoms with Crippen LogP contribution in [-0.2, 0) is 14.3 Å². The standard InChI is InChI=1S/C36H66O4/c1-3-5-7-9-11-13-15-17-18-19-21-23-25-27-29-31-36(38)40-35(33-37)34-39-32-30-28-26-24-22-20-16-14-12-10-8-6-4-2/h5,7,11,13,17-18,35,37H,3-4,6,8-10,12,14-16,19-34H2,1-2H3/b7-5-,13-11-,18-17-. The van der Waals surface area contributed by atoms with Crippen LogP contribution >= 0.6 is 0 Å². The van der Waals surface area contributed by atoms with Crippen molar-refractivity contribution in [2.45, 2.75) is 168 Å². The van der Waals surface area contributed by atoms with Gasteiger partial charge in [0.2, 0.25) is 0 Å². The number of ether oxygens (including phenoxy) is 2. The van der Waals surface area contributed by atoms with Crippen molar-refractivity contribution < 1.29 is 19.4 Å². The van der Waals surface area contributed by atoms with Gasteiger partial charge >= 0.3 is 5.97 Å². The number of esters is 1. The van der Waals surface area contributed by atoms with Crippen LogP contribution < -0.4 is 0 Å². The van der Waals surface area contributed by atoms with Gasteiger partial charge in [-0.25, -0.2) is 0 Å². The van der Waals surface area contributed by atoms with Gasteiger partial charge in [-0.3, -0.25) is 4.79 Å². The Labute approximate surface area is 249 Å². The Kier molecular flexibility index (Phi) is 32.6. The molecule has 40 heavy (non-hydrogen) atoms. The summed E-state index contributed by atoms with van der Waals surface area (Å²) in [5, 5.41) is 9.52. The maximum Gasteiger partial charge on any atom is 0.306 e. The van der Waals surface area contributed by atoms with Gasteiger partial charge < -0.3 is 14.6 Å². The molecule has 0 heterocycles. The zero-order chi connectivity index (χ0) is 29.2. The minimum Gasteiger partial charge on any atom is -0.457 e. The third-order valence-electron chi connectivity index (χ3n) is 7.23. The van der Waals surface area contributed by atoms with Gasteiger partial charge in [0.25, 0.3) is 0 Å². The van der Waals surface area contributed by atoms with Crippen LogP contribution in [0.5, 0.6) is 0 Å². The van der Waals surface area contributed by atoms with Crippen LogP contribution in [0.4, 0.5) is 0 Å². The summed E-state index contributed by atoms with van der Waals surface area (Å²) >= 11 is 0. The molecule has 0 saturated carbocycles. The van der Waals surface area contributed by atoms with Crippen molar-refractivity contribution in [3.63, 3.8) is 0 Å². The van der Waals surface area contributed by atoms with Crippen molar-refractivity contribution in [1.29, 1.82) is 0 Å². The van der Waals surface area contributed by atoms with Gasteiger partial charge in [-0.15, -0.1) is 0 Å². The van der Waals surface area contributed by atoms with Crippen LogP contribution in [0.1, 0.15) is 162 Å². The fourth-order valence-electron chi connectivity index (χ4n) is 4.69. The van der Waals surface area contributed by atoms with Crippen LogP contribution in [0.3, 0.4) is 0 Å².